The van der Waals surface area contributed by atoms with Crippen LogP contribution in [0.2, 0.25) is 0 Å². The molecule has 200 valence electrons. The number of nitrogens with zero attached hydrogens (tertiary/aromatic N) is 2. The van der Waals surface area contributed by atoms with E-state index in [0.29, 0.717) is 24.6 Å². The molecule has 12 heteroatoms. The molecule has 36 heavy (non-hydrogen) atoms. The van der Waals surface area contributed by atoms with Crippen LogP contribution in [0.3, 0.4) is 0 Å². The minimum absolute atomic E-state index is 0.225. The van der Waals surface area contributed by atoms with Gasteiger partial charge in [0.25, 0.3) is 0 Å². The first-order valence-corrected chi connectivity index (χ1v) is 14.9. The maximum atomic E-state index is 12.4. The minimum Gasteiger partial charge on any atom is -0.497 e. The van der Waals surface area contributed by atoms with E-state index >= 15 is 0 Å². The first-order chi connectivity index (χ1) is 17.2. The summed E-state index contributed by atoms with van der Waals surface area (Å²) < 4.78 is 65.0. The van der Waals surface area contributed by atoms with E-state index in [-0.39, 0.29) is 9.79 Å². The monoisotopic (exact) mass is 540 g/mol. The van der Waals surface area contributed by atoms with E-state index in [1.54, 1.807) is 24.3 Å². The van der Waals surface area contributed by atoms with Crippen molar-refractivity contribution in [3.63, 3.8) is 0 Å². The van der Waals surface area contributed by atoms with E-state index in [1.807, 2.05) is 0 Å². The molecule has 1 aliphatic rings. The largest absolute Gasteiger partial charge is 0.497 e. The van der Waals surface area contributed by atoms with Crippen LogP contribution >= 0.6 is 0 Å². The van der Waals surface area contributed by atoms with E-state index in [4.69, 9.17) is 9.47 Å². The summed E-state index contributed by atoms with van der Waals surface area (Å²) in [6.07, 6.45) is 1.45. The smallest absolute Gasteiger partial charge is 0.240 e. The Balaban J connectivity index is 1.28. The van der Waals surface area contributed by atoms with Gasteiger partial charge in [-0.1, -0.05) is 0 Å². The van der Waals surface area contributed by atoms with Gasteiger partial charge in [-0.2, -0.15) is 0 Å². The zero-order valence-electron chi connectivity index (χ0n) is 20.9. The van der Waals surface area contributed by atoms with Crippen molar-refractivity contribution in [1.82, 2.24) is 19.2 Å². The molecule has 0 atom stereocenters. The molecule has 0 saturated carbocycles. The van der Waals surface area contributed by atoms with Crippen LogP contribution in [0.15, 0.2) is 58.3 Å². The highest BCUT2D eigenvalue weighted by atomic mass is 32.2. The molecule has 2 aromatic rings. The van der Waals surface area contributed by atoms with E-state index < -0.39 is 20.0 Å². The summed E-state index contributed by atoms with van der Waals surface area (Å²) >= 11 is 0. The van der Waals surface area contributed by atoms with Crippen molar-refractivity contribution < 1.29 is 26.3 Å². The highest BCUT2D eigenvalue weighted by Crippen LogP contribution is 2.16. The average molecular weight is 541 g/mol. The molecule has 1 fully saturated rings. The van der Waals surface area contributed by atoms with Crippen molar-refractivity contribution in [2.75, 3.05) is 66.6 Å². The molecule has 0 aliphatic carbocycles. The van der Waals surface area contributed by atoms with E-state index in [9.17, 15) is 16.8 Å². The summed E-state index contributed by atoms with van der Waals surface area (Å²) in [6, 6.07) is 12.6. The van der Waals surface area contributed by atoms with Crippen LogP contribution in [0.25, 0.3) is 0 Å². The molecule has 0 unspecified atom stereocenters. The number of hydrogen-bond donors (Lipinski definition) is 2. The minimum atomic E-state index is -3.53. The van der Waals surface area contributed by atoms with Gasteiger partial charge in [-0.3, -0.25) is 0 Å². The Morgan fingerprint density at radius 3 is 1.28 bits per heavy atom. The van der Waals surface area contributed by atoms with E-state index in [1.165, 1.54) is 38.5 Å². The number of sulfonamides is 2. The highest BCUT2D eigenvalue weighted by molar-refractivity contribution is 7.89. The summed E-state index contributed by atoms with van der Waals surface area (Å²) in [7, 11) is -3.98. The van der Waals surface area contributed by atoms with Gasteiger partial charge >= 0.3 is 0 Å². The van der Waals surface area contributed by atoms with Gasteiger partial charge in [0.1, 0.15) is 11.5 Å². The third kappa shape index (κ3) is 8.43. The lowest BCUT2D eigenvalue weighted by Gasteiger charge is -2.34. The normalized spacial score (nSPS) is 15.6. The Kier molecular flexibility index (Phi) is 10.5. The quantitative estimate of drug-likeness (QED) is 0.345. The first kappa shape index (κ1) is 28.4. The van der Waals surface area contributed by atoms with Gasteiger partial charge in [0.15, 0.2) is 0 Å². The predicted molar refractivity (Wildman–Crippen MR) is 138 cm³/mol. The zero-order valence-corrected chi connectivity index (χ0v) is 22.5. The second-order valence-electron chi connectivity index (χ2n) is 8.54. The van der Waals surface area contributed by atoms with Gasteiger partial charge in [0.05, 0.1) is 24.0 Å². The third-order valence-corrected chi connectivity index (χ3v) is 9.04. The lowest BCUT2D eigenvalue weighted by atomic mass is 10.2. The Bertz CT molecular complexity index is 1050. The number of methoxy groups -OCH3 is 2. The van der Waals surface area contributed by atoms with Crippen LogP contribution in [0.5, 0.6) is 11.5 Å². The maximum absolute atomic E-state index is 12.4. The zero-order chi connectivity index (χ0) is 26.0. The fraction of sp³-hybridized carbons (Fsp3) is 0.500. The van der Waals surface area contributed by atoms with Gasteiger partial charge in [0, 0.05) is 39.3 Å². The van der Waals surface area contributed by atoms with Gasteiger partial charge < -0.3 is 19.3 Å². The van der Waals surface area contributed by atoms with Gasteiger partial charge in [0.2, 0.25) is 20.0 Å². The van der Waals surface area contributed by atoms with Crippen LogP contribution in [-0.2, 0) is 20.0 Å². The van der Waals surface area contributed by atoms with Crippen molar-refractivity contribution in [2.24, 2.45) is 0 Å². The third-order valence-electron chi connectivity index (χ3n) is 6.09. The molecule has 1 saturated heterocycles. The van der Waals surface area contributed by atoms with Crippen molar-refractivity contribution in [2.45, 2.75) is 22.6 Å². The molecule has 0 spiro atoms. The van der Waals surface area contributed by atoms with Gasteiger partial charge in [-0.15, -0.1) is 0 Å². The number of nitrogens with one attached hydrogen (secondary N) is 2. The molecule has 3 rings (SSSR count). The van der Waals surface area contributed by atoms with Crippen LogP contribution in [-0.4, -0.2) is 93.2 Å². The Hall–Kier alpha value is -2.22. The molecule has 10 nitrogen and oxygen atoms in total. The van der Waals surface area contributed by atoms with Crippen LogP contribution in [0.1, 0.15) is 12.8 Å². The Morgan fingerprint density at radius 2 is 0.972 bits per heavy atom. The number of hydrogen-bond acceptors (Lipinski definition) is 8. The maximum Gasteiger partial charge on any atom is 0.240 e. The van der Waals surface area contributed by atoms with Crippen LogP contribution < -0.4 is 18.9 Å². The predicted octanol–water partition coefficient (Wildman–Crippen LogP) is 1.36. The lowest BCUT2D eigenvalue weighted by Crippen LogP contribution is -2.47. The molecular formula is C24H36N4O6S2. The van der Waals surface area contributed by atoms with Crippen molar-refractivity contribution in [3.05, 3.63) is 48.5 Å². The Labute approximate surface area is 214 Å². The molecule has 0 radical (unpaired) electrons. The summed E-state index contributed by atoms with van der Waals surface area (Å²) in [5.74, 6) is 1.23. The molecule has 0 amide bonds. The summed E-state index contributed by atoms with van der Waals surface area (Å²) in [5, 5.41) is 0. The van der Waals surface area contributed by atoms with Crippen LogP contribution in [0, 0.1) is 0 Å². The number of piperazine rings is 1. The van der Waals surface area contributed by atoms with Crippen molar-refractivity contribution >= 4 is 20.0 Å². The second-order valence-corrected chi connectivity index (χ2v) is 12.1. The van der Waals surface area contributed by atoms with Gasteiger partial charge in [-0.05, 0) is 74.5 Å². The molecule has 0 aromatic heterocycles. The lowest BCUT2D eigenvalue weighted by molar-refractivity contribution is 0.131. The van der Waals surface area contributed by atoms with Crippen LogP contribution in [0.4, 0.5) is 0 Å². The van der Waals surface area contributed by atoms with E-state index in [2.05, 4.69) is 19.2 Å². The topological polar surface area (TPSA) is 117 Å². The SMILES string of the molecule is COc1ccc(S(=O)(=O)NCCCN2CCN(CCCNS(=O)(=O)c3ccc(OC)cc3)CC2)cc1. The standard InChI is InChI=1S/C24H36N4O6S2/c1-33-21-5-9-23(10-6-21)35(29,30)25-13-3-15-27-17-19-28(20-18-27)16-4-14-26-36(31,32)24-11-7-22(34-2)8-12-24/h5-12,25-26H,3-4,13-20H2,1-2H3. The molecule has 0 bridgehead atoms. The van der Waals surface area contributed by atoms with Gasteiger partial charge in [-0.25, -0.2) is 26.3 Å². The molecule has 1 aliphatic heterocycles. The summed E-state index contributed by atoms with van der Waals surface area (Å²) in [5.41, 5.74) is 0. The Morgan fingerprint density at radius 1 is 0.639 bits per heavy atom. The summed E-state index contributed by atoms with van der Waals surface area (Å²) in [4.78, 5) is 5.10. The first-order valence-electron chi connectivity index (χ1n) is 12.0. The highest BCUT2D eigenvalue weighted by Gasteiger charge is 2.18. The number of benzene rings is 2. The molecule has 2 aromatic carbocycles. The number of rotatable bonds is 14. The van der Waals surface area contributed by atoms with Crippen molar-refractivity contribution in [1.29, 1.82) is 0 Å². The summed E-state index contributed by atoms with van der Waals surface area (Å²) in [6.45, 7) is 6.02. The molecular weight excluding hydrogens is 504 g/mol. The second kappa shape index (κ2) is 13.4. The van der Waals surface area contributed by atoms with E-state index in [0.717, 1.165) is 52.1 Å². The average Bonchev–Trinajstić information content (AvgIpc) is 2.90. The van der Waals surface area contributed by atoms with Crippen molar-refractivity contribution in [3.8, 4) is 11.5 Å². The number of ether oxygens (including phenoxy) is 2. The fourth-order valence-corrected chi connectivity index (χ4v) is 6.08. The molecule has 2 N–H and O–H groups in total. The fourth-order valence-electron chi connectivity index (χ4n) is 3.93. The molecule has 1 heterocycles.